The van der Waals surface area contributed by atoms with Gasteiger partial charge >= 0.3 is 0 Å². The Kier molecular flexibility index (Phi) is 1.99. The average molecular weight is 181 g/mol. The summed E-state index contributed by atoms with van der Waals surface area (Å²) in [5.74, 6) is 1.73. The topological polar surface area (TPSA) is 39.2 Å². The van der Waals surface area contributed by atoms with Gasteiger partial charge < -0.3 is 4.74 Å². The van der Waals surface area contributed by atoms with Crippen molar-refractivity contribution >= 4 is 18.0 Å². The fraction of sp³-hybridized carbons (Fsp3) is 0.250. The summed E-state index contributed by atoms with van der Waals surface area (Å²) in [6.07, 6.45) is 2.41. The van der Waals surface area contributed by atoms with Crippen molar-refractivity contribution in [3.63, 3.8) is 0 Å². The standard InChI is InChI=1S/C8H7NO2S/c10-5-6-3-7-8(4-9-6)12-2-1-11-7/h3-5H,1-2H2. The molecule has 2 rings (SSSR count). The largest absolute Gasteiger partial charge is 0.491 e. The van der Waals surface area contributed by atoms with Gasteiger partial charge in [-0.05, 0) is 0 Å². The molecule has 1 aromatic rings. The second-order valence-corrected chi connectivity index (χ2v) is 3.51. The first-order chi connectivity index (χ1) is 5.90. The fourth-order valence-electron chi connectivity index (χ4n) is 1.03. The van der Waals surface area contributed by atoms with Crippen LogP contribution in [0.4, 0.5) is 0 Å². The van der Waals surface area contributed by atoms with Gasteiger partial charge in [0.25, 0.3) is 0 Å². The highest BCUT2D eigenvalue weighted by Gasteiger charge is 2.11. The van der Waals surface area contributed by atoms with Gasteiger partial charge in [-0.15, -0.1) is 11.8 Å². The van der Waals surface area contributed by atoms with E-state index < -0.39 is 0 Å². The molecule has 0 atom stereocenters. The average Bonchev–Trinajstić information content (AvgIpc) is 2.17. The smallest absolute Gasteiger partial charge is 0.168 e. The maximum absolute atomic E-state index is 10.4. The molecule has 0 fully saturated rings. The Morgan fingerprint density at radius 3 is 3.42 bits per heavy atom. The minimum absolute atomic E-state index is 0.427. The number of carbonyl (C=O) groups is 1. The van der Waals surface area contributed by atoms with E-state index in [2.05, 4.69) is 4.98 Å². The minimum atomic E-state index is 0.427. The van der Waals surface area contributed by atoms with Crippen LogP contribution in [0.1, 0.15) is 10.5 Å². The van der Waals surface area contributed by atoms with E-state index in [9.17, 15) is 4.79 Å². The van der Waals surface area contributed by atoms with E-state index in [4.69, 9.17) is 4.74 Å². The number of fused-ring (bicyclic) bond motifs is 1. The second-order valence-electron chi connectivity index (χ2n) is 2.37. The van der Waals surface area contributed by atoms with E-state index in [1.165, 1.54) is 0 Å². The molecule has 0 saturated heterocycles. The Balaban J connectivity index is 2.42. The van der Waals surface area contributed by atoms with Crippen molar-refractivity contribution in [3.8, 4) is 5.75 Å². The molecule has 0 aromatic carbocycles. The summed E-state index contributed by atoms with van der Waals surface area (Å²) >= 11 is 1.70. The van der Waals surface area contributed by atoms with Crippen molar-refractivity contribution in [3.05, 3.63) is 18.0 Å². The number of aldehydes is 1. The van der Waals surface area contributed by atoms with E-state index >= 15 is 0 Å². The maximum atomic E-state index is 10.4. The number of aromatic nitrogens is 1. The molecule has 0 unspecified atom stereocenters. The van der Waals surface area contributed by atoms with Crippen LogP contribution in [0.25, 0.3) is 0 Å². The Morgan fingerprint density at radius 2 is 2.58 bits per heavy atom. The van der Waals surface area contributed by atoms with Gasteiger partial charge in [0.15, 0.2) is 6.29 Å². The predicted molar refractivity (Wildman–Crippen MR) is 45.8 cm³/mol. The molecule has 1 aliphatic rings. The summed E-state index contributed by atoms with van der Waals surface area (Å²) in [5, 5.41) is 0. The first kappa shape index (κ1) is 7.61. The maximum Gasteiger partial charge on any atom is 0.168 e. The molecule has 0 amide bonds. The van der Waals surface area contributed by atoms with E-state index in [0.717, 1.165) is 22.7 Å². The molecule has 0 spiro atoms. The van der Waals surface area contributed by atoms with E-state index in [0.29, 0.717) is 12.3 Å². The van der Waals surface area contributed by atoms with Crippen LogP contribution in [0, 0.1) is 0 Å². The summed E-state index contributed by atoms with van der Waals surface area (Å²) < 4.78 is 5.35. The molecule has 62 valence electrons. The molecule has 3 nitrogen and oxygen atoms in total. The van der Waals surface area contributed by atoms with Gasteiger partial charge in [0, 0.05) is 18.0 Å². The zero-order chi connectivity index (χ0) is 8.39. The third-order valence-electron chi connectivity index (χ3n) is 1.57. The van der Waals surface area contributed by atoms with Crippen molar-refractivity contribution in [1.29, 1.82) is 0 Å². The molecule has 4 heteroatoms. The van der Waals surface area contributed by atoms with E-state index in [-0.39, 0.29) is 0 Å². The second kappa shape index (κ2) is 3.15. The quantitative estimate of drug-likeness (QED) is 0.613. The molecule has 0 bridgehead atoms. The normalized spacial score (nSPS) is 14.7. The van der Waals surface area contributed by atoms with Gasteiger partial charge in [0.05, 0.1) is 11.5 Å². The molecule has 0 N–H and O–H groups in total. The molecular weight excluding hydrogens is 174 g/mol. The molecule has 12 heavy (non-hydrogen) atoms. The van der Waals surface area contributed by atoms with Crippen LogP contribution in [0.2, 0.25) is 0 Å². The molecule has 0 aliphatic carbocycles. The zero-order valence-corrected chi connectivity index (χ0v) is 7.13. The SMILES string of the molecule is O=Cc1cc2c(cn1)SCCO2. The predicted octanol–water partition coefficient (Wildman–Crippen LogP) is 1.38. The van der Waals surface area contributed by atoms with Crippen molar-refractivity contribution in [2.24, 2.45) is 0 Å². The minimum Gasteiger partial charge on any atom is -0.491 e. The summed E-state index contributed by atoms with van der Waals surface area (Å²) in [4.78, 5) is 15.3. The summed E-state index contributed by atoms with van der Waals surface area (Å²) in [6, 6.07) is 1.68. The van der Waals surface area contributed by atoms with Gasteiger partial charge in [-0.3, -0.25) is 9.78 Å². The van der Waals surface area contributed by atoms with E-state index in [1.807, 2.05) is 0 Å². The monoisotopic (exact) mass is 181 g/mol. The number of pyridine rings is 1. The highest BCUT2D eigenvalue weighted by atomic mass is 32.2. The molecule has 1 aliphatic heterocycles. The molecule has 0 radical (unpaired) electrons. The first-order valence-electron chi connectivity index (χ1n) is 3.61. The fourth-order valence-corrected chi connectivity index (χ4v) is 1.80. The number of carbonyl (C=O) groups excluding carboxylic acids is 1. The van der Waals surface area contributed by atoms with Crippen LogP contribution in [0.5, 0.6) is 5.75 Å². The van der Waals surface area contributed by atoms with Crippen molar-refractivity contribution in [2.45, 2.75) is 4.90 Å². The van der Waals surface area contributed by atoms with E-state index in [1.54, 1.807) is 24.0 Å². The first-order valence-corrected chi connectivity index (χ1v) is 4.59. The lowest BCUT2D eigenvalue weighted by atomic mass is 10.3. The van der Waals surface area contributed by atoms with Crippen LogP contribution in [-0.2, 0) is 0 Å². The number of hydrogen-bond acceptors (Lipinski definition) is 4. The van der Waals surface area contributed by atoms with Crippen LogP contribution < -0.4 is 4.74 Å². The lowest BCUT2D eigenvalue weighted by Crippen LogP contribution is -2.07. The van der Waals surface area contributed by atoms with Crippen molar-refractivity contribution in [1.82, 2.24) is 4.98 Å². The van der Waals surface area contributed by atoms with Crippen LogP contribution in [0.15, 0.2) is 17.2 Å². The Bertz CT molecular complexity index is 314. The highest BCUT2D eigenvalue weighted by Crippen LogP contribution is 2.32. The molecule has 1 aromatic heterocycles. The number of rotatable bonds is 1. The third-order valence-corrected chi connectivity index (χ3v) is 2.56. The lowest BCUT2D eigenvalue weighted by molar-refractivity contribution is 0.111. The Morgan fingerprint density at radius 1 is 1.67 bits per heavy atom. The van der Waals surface area contributed by atoms with Gasteiger partial charge in [-0.2, -0.15) is 0 Å². The zero-order valence-electron chi connectivity index (χ0n) is 6.32. The van der Waals surface area contributed by atoms with Gasteiger partial charge in [0.2, 0.25) is 0 Å². The Hall–Kier alpha value is -1.03. The molecule has 0 saturated carbocycles. The highest BCUT2D eigenvalue weighted by molar-refractivity contribution is 7.99. The number of hydrogen-bond donors (Lipinski definition) is 0. The number of thioether (sulfide) groups is 1. The molecular formula is C8H7NO2S. The summed E-state index contributed by atoms with van der Waals surface area (Å²) in [7, 11) is 0. The van der Waals surface area contributed by atoms with Gasteiger partial charge in [-0.1, -0.05) is 0 Å². The van der Waals surface area contributed by atoms with Crippen molar-refractivity contribution < 1.29 is 9.53 Å². The number of nitrogens with zero attached hydrogens (tertiary/aromatic N) is 1. The van der Waals surface area contributed by atoms with Gasteiger partial charge in [-0.25, -0.2) is 0 Å². The summed E-state index contributed by atoms with van der Waals surface area (Å²) in [6.45, 7) is 0.708. The number of ether oxygens (including phenoxy) is 1. The Labute approximate surface area is 74.1 Å². The van der Waals surface area contributed by atoms with Crippen LogP contribution >= 0.6 is 11.8 Å². The van der Waals surface area contributed by atoms with Crippen LogP contribution in [0.3, 0.4) is 0 Å². The van der Waals surface area contributed by atoms with Crippen LogP contribution in [-0.4, -0.2) is 23.6 Å². The lowest BCUT2D eigenvalue weighted by Gasteiger charge is -2.15. The summed E-state index contributed by atoms with van der Waals surface area (Å²) in [5.41, 5.74) is 0.427. The van der Waals surface area contributed by atoms with Gasteiger partial charge in [0.1, 0.15) is 11.4 Å². The third kappa shape index (κ3) is 1.30. The molecule has 2 heterocycles. The van der Waals surface area contributed by atoms with Crippen molar-refractivity contribution in [2.75, 3.05) is 12.4 Å².